The van der Waals surface area contributed by atoms with Gasteiger partial charge in [0.05, 0.1) is 20.1 Å². The van der Waals surface area contributed by atoms with E-state index in [0.717, 1.165) is 27.7 Å². The first kappa shape index (κ1) is 22.9. The highest BCUT2D eigenvalue weighted by Crippen LogP contribution is 2.35. The molecule has 0 aliphatic heterocycles. The summed E-state index contributed by atoms with van der Waals surface area (Å²) in [5, 5.41) is 0.667. The van der Waals surface area contributed by atoms with Gasteiger partial charge in [0.2, 0.25) is 0 Å². The van der Waals surface area contributed by atoms with E-state index in [1.54, 1.807) is 11.0 Å². The van der Waals surface area contributed by atoms with Gasteiger partial charge in [0.1, 0.15) is 4.34 Å². The van der Waals surface area contributed by atoms with E-state index in [9.17, 15) is 4.79 Å². The minimum atomic E-state index is -0.171. The van der Waals surface area contributed by atoms with Gasteiger partial charge < -0.3 is 4.90 Å². The highest BCUT2D eigenvalue weighted by Gasteiger charge is 2.24. The van der Waals surface area contributed by atoms with Gasteiger partial charge in [-0.05, 0) is 51.3 Å². The van der Waals surface area contributed by atoms with E-state index in [4.69, 9.17) is 23.2 Å². The number of hydrogen-bond acceptors (Lipinski definition) is 5. The molecule has 4 nitrogen and oxygen atoms in total. The molecule has 0 aliphatic carbocycles. The van der Waals surface area contributed by atoms with E-state index in [-0.39, 0.29) is 18.3 Å². The highest BCUT2D eigenvalue weighted by molar-refractivity contribution is 9.10. The molecule has 3 rings (SSSR count). The van der Waals surface area contributed by atoms with Crippen LogP contribution in [0.1, 0.15) is 16.8 Å². The second kappa shape index (κ2) is 9.87. The molecule has 2 heterocycles. The molecule has 0 bridgehead atoms. The van der Waals surface area contributed by atoms with E-state index in [0.29, 0.717) is 25.9 Å². The lowest BCUT2D eigenvalue weighted by Crippen LogP contribution is -2.33. The Morgan fingerprint density at radius 3 is 2.56 bits per heavy atom. The summed E-state index contributed by atoms with van der Waals surface area (Å²) in [5.74, 6) is -0.171. The van der Waals surface area contributed by atoms with Crippen molar-refractivity contribution in [3.8, 4) is 0 Å². The molecule has 146 valence electrons. The smallest absolute Gasteiger partial charge is 0.262 e. The van der Waals surface area contributed by atoms with Crippen LogP contribution in [0.3, 0.4) is 0 Å². The fourth-order valence-corrected chi connectivity index (χ4v) is 5.45. The topological polar surface area (TPSA) is 36.4 Å². The summed E-state index contributed by atoms with van der Waals surface area (Å²) in [4.78, 5) is 21.6. The first-order valence-electron chi connectivity index (χ1n) is 7.82. The van der Waals surface area contributed by atoms with Crippen LogP contribution in [0.25, 0.3) is 10.2 Å². The maximum atomic E-state index is 13.1. The normalized spacial score (nSPS) is 11.0. The van der Waals surface area contributed by atoms with Gasteiger partial charge in [0.25, 0.3) is 5.91 Å². The molecule has 0 atom stereocenters. The van der Waals surface area contributed by atoms with E-state index >= 15 is 0 Å². The number of amides is 1. The van der Waals surface area contributed by atoms with Crippen LogP contribution < -0.4 is 4.90 Å². The standard InChI is InChI=1S/C17H16BrCl2N3OS2.ClH/c1-22(2)6-3-7-23(16(24)11-9-14(19)26-15(11)20)17-21-12-5-4-10(18)8-13(12)25-17;/h4-5,8-9H,3,6-7H2,1-2H3;1H. The van der Waals surface area contributed by atoms with Gasteiger partial charge in [0, 0.05) is 11.0 Å². The molecule has 1 amide bonds. The van der Waals surface area contributed by atoms with Gasteiger partial charge in [-0.3, -0.25) is 9.69 Å². The number of nitrogens with zero attached hydrogens (tertiary/aromatic N) is 3. The fraction of sp³-hybridized carbons (Fsp3) is 0.294. The Balaban J connectivity index is 0.00000261. The van der Waals surface area contributed by atoms with Gasteiger partial charge in [-0.1, -0.05) is 50.5 Å². The second-order valence-electron chi connectivity index (χ2n) is 5.96. The van der Waals surface area contributed by atoms with Crippen molar-refractivity contribution in [3.05, 3.63) is 43.0 Å². The average Bonchev–Trinajstić information content (AvgIpc) is 3.12. The van der Waals surface area contributed by atoms with E-state index in [1.807, 2.05) is 32.3 Å². The summed E-state index contributed by atoms with van der Waals surface area (Å²) in [7, 11) is 4.02. The maximum Gasteiger partial charge on any atom is 0.262 e. The van der Waals surface area contributed by atoms with Crippen molar-refractivity contribution < 1.29 is 4.79 Å². The summed E-state index contributed by atoms with van der Waals surface area (Å²) in [5.41, 5.74) is 1.29. The Kier molecular flexibility index (Phi) is 8.36. The van der Waals surface area contributed by atoms with Crippen molar-refractivity contribution >= 4 is 95.5 Å². The SMILES string of the molecule is CN(C)CCCN(C(=O)c1cc(Cl)sc1Cl)c1nc2ccc(Br)cc2s1.Cl. The zero-order chi connectivity index (χ0) is 18.8. The largest absolute Gasteiger partial charge is 0.309 e. The van der Waals surface area contributed by atoms with Crippen LogP contribution in [0.2, 0.25) is 8.67 Å². The maximum absolute atomic E-state index is 13.1. The number of rotatable bonds is 6. The van der Waals surface area contributed by atoms with Gasteiger partial charge in [-0.25, -0.2) is 4.98 Å². The summed E-state index contributed by atoms with van der Waals surface area (Å²) < 4.78 is 2.91. The lowest BCUT2D eigenvalue weighted by Gasteiger charge is -2.20. The number of carbonyl (C=O) groups is 1. The summed E-state index contributed by atoms with van der Waals surface area (Å²) in [6.45, 7) is 1.43. The third kappa shape index (κ3) is 5.56. The van der Waals surface area contributed by atoms with Crippen LogP contribution in [0.4, 0.5) is 5.13 Å². The van der Waals surface area contributed by atoms with Crippen LogP contribution in [0, 0.1) is 0 Å². The predicted molar refractivity (Wildman–Crippen MR) is 124 cm³/mol. The highest BCUT2D eigenvalue weighted by atomic mass is 79.9. The van der Waals surface area contributed by atoms with Crippen LogP contribution in [0.5, 0.6) is 0 Å². The first-order chi connectivity index (χ1) is 12.3. The van der Waals surface area contributed by atoms with E-state index < -0.39 is 0 Å². The van der Waals surface area contributed by atoms with Crippen LogP contribution in [0.15, 0.2) is 28.7 Å². The summed E-state index contributed by atoms with van der Waals surface area (Å²) in [6, 6.07) is 7.52. The number of halogens is 4. The minimum Gasteiger partial charge on any atom is -0.309 e. The number of thiazole rings is 1. The number of thiophene rings is 1. The van der Waals surface area contributed by atoms with E-state index in [1.165, 1.54) is 22.7 Å². The summed E-state index contributed by atoms with van der Waals surface area (Å²) in [6.07, 6.45) is 0.827. The molecule has 0 saturated heterocycles. The number of benzene rings is 1. The second-order valence-corrected chi connectivity index (χ2v) is 10.2. The molecule has 3 aromatic rings. The van der Waals surface area contributed by atoms with E-state index in [2.05, 4.69) is 25.8 Å². The quantitative estimate of drug-likeness (QED) is 0.368. The van der Waals surface area contributed by atoms with Gasteiger partial charge in [-0.2, -0.15) is 0 Å². The summed E-state index contributed by atoms with van der Waals surface area (Å²) >= 11 is 18.4. The van der Waals surface area contributed by atoms with Crippen molar-refractivity contribution in [3.63, 3.8) is 0 Å². The van der Waals surface area contributed by atoms with Crippen LogP contribution in [-0.2, 0) is 0 Å². The molecule has 10 heteroatoms. The number of fused-ring (bicyclic) bond motifs is 1. The molecule has 0 saturated carbocycles. The Bertz CT molecular complexity index is 945. The van der Waals surface area contributed by atoms with Gasteiger partial charge in [-0.15, -0.1) is 23.7 Å². The van der Waals surface area contributed by atoms with Gasteiger partial charge in [0.15, 0.2) is 5.13 Å². The number of anilines is 1. The third-order valence-corrected chi connectivity index (χ3v) is 6.71. The molecule has 0 aliphatic rings. The van der Waals surface area contributed by atoms with Crippen molar-refractivity contribution in [1.82, 2.24) is 9.88 Å². The molecule has 27 heavy (non-hydrogen) atoms. The number of carbonyl (C=O) groups excluding carboxylic acids is 1. The number of aromatic nitrogens is 1. The van der Waals surface area contributed by atoms with Crippen LogP contribution >= 0.6 is 74.2 Å². The van der Waals surface area contributed by atoms with Crippen LogP contribution in [-0.4, -0.2) is 43.0 Å². The van der Waals surface area contributed by atoms with Gasteiger partial charge >= 0.3 is 0 Å². The predicted octanol–water partition coefficient (Wildman–Crippen LogP) is 6.45. The van der Waals surface area contributed by atoms with Crippen molar-refractivity contribution in [2.45, 2.75) is 6.42 Å². The van der Waals surface area contributed by atoms with Crippen molar-refractivity contribution in [2.75, 3.05) is 32.1 Å². The lowest BCUT2D eigenvalue weighted by atomic mass is 10.3. The fourth-order valence-electron chi connectivity index (χ4n) is 2.46. The molecule has 0 N–H and O–H groups in total. The number of hydrogen-bond donors (Lipinski definition) is 0. The average molecular weight is 530 g/mol. The Morgan fingerprint density at radius 2 is 1.93 bits per heavy atom. The molecule has 0 unspecified atom stereocenters. The zero-order valence-electron chi connectivity index (χ0n) is 14.5. The molecular weight excluding hydrogens is 513 g/mol. The zero-order valence-corrected chi connectivity index (χ0v) is 20.1. The molecular formula is C17H17BrCl3N3OS2. The molecule has 0 radical (unpaired) electrons. The first-order valence-corrected chi connectivity index (χ1v) is 11.0. The lowest BCUT2D eigenvalue weighted by molar-refractivity contribution is 0.0986. The monoisotopic (exact) mass is 527 g/mol. The molecule has 1 aromatic carbocycles. The molecule has 2 aromatic heterocycles. The Hall–Kier alpha value is -0.410. The minimum absolute atomic E-state index is 0. The molecule has 0 fully saturated rings. The van der Waals surface area contributed by atoms with Crippen molar-refractivity contribution in [1.29, 1.82) is 0 Å². The van der Waals surface area contributed by atoms with Crippen molar-refractivity contribution in [2.24, 2.45) is 0 Å². The third-order valence-electron chi connectivity index (χ3n) is 3.69. The Morgan fingerprint density at radius 1 is 1.19 bits per heavy atom. The Labute approximate surface area is 190 Å². The molecule has 0 spiro atoms.